The van der Waals surface area contributed by atoms with E-state index in [4.69, 9.17) is 4.74 Å². The Hall–Kier alpha value is -4.46. The lowest BCUT2D eigenvalue weighted by atomic mass is 10.2. The molecule has 4 rings (SSSR count). The molecule has 0 atom stereocenters. The Bertz CT molecular complexity index is 1130. The second-order valence-corrected chi connectivity index (χ2v) is 6.51. The Morgan fingerprint density at radius 1 is 0.806 bits per heavy atom. The van der Waals surface area contributed by atoms with E-state index in [1.807, 2.05) is 60.7 Å². The van der Waals surface area contributed by atoms with Gasteiger partial charge in [-0.25, -0.2) is 9.67 Å². The summed E-state index contributed by atoms with van der Waals surface area (Å²) in [4.78, 5) is 29.3. The molecular formula is C23H19N5O3. The molecule has 8 nitrogen and oxygen atoms in total. The van der Waals surface area contributed by atoms with Crippen molar-refractivity contribution in [2.45, 2.75) is 0 Å². The number of carbonyl (C=O) groups is 2. The third kappa shape index (κ3) is 4.43. The summed E-state index contributed by atoms with van der Waals surface area (Å²) in [5.41, 5.74) is 6.67. The Balaban J connectivity index is 1.55. The minimum Gasteiger partial charge on any atom is -0.497 e. The van der Waals surface area contributed by atoms with Gasteiger partial charge in [-0.05, 0) is 36.4 Å². The quantitative estimate of drug-likeness (QED) is 0.490. The van der Waals surface area contributed by atoms with E-state index in [1.165, 1.54) is 0 Å². The average molecular weight is 413 g/mol. The maximum atomic E-state index is 12.6. The summed E-state index contributed by atoms with van der Waals surface area (Å²) >= 11 is 0. The smallest absolute Gasteiger partial charge is 0.309 e. The molecule has 31 heavy (non-hydrogen) atoms. The van der Waals surface area contributed by atoms with Gasteiger partial charge in [-0.1, -0.05) is 48.5 Å². The number of benzene rings is 3. The molecule has 0 saturated heterocycles. The molecule has 0 radical (unpaired) electrons. The highest BCUT2D eigenvalue weighted by molar-refractivity contribution is 5.97. The molecule has 0 fully saturated rings. The van der Waals surface area contributed by atoms with Crippen LogP contribution in [-0.2, 0) is 0 Å². The van der Waals surface area contributed by atoms with Crippen molar-refractivity contribution in [1.82, 2.24) is 25.6 Å². The van der Waals surface area contributed by atoms with Crippen LogP contribution in [0.5, 0.6) is 5.75 Å². The molecule has 0 saturated carbocycles. The van der Waals surface area contributed by atoms with Crippen LogP contribution >= 0.6 is 0 Å². The van der Waals surface area contributed by atoms with E-state index in [2.05, 4.69) is 20.9 Å². The monoisotopic (exact) mass is 413 g/mol. The highest BCUT2D eigenvalue weighted by Crippen LogP contribution is 2.21. The largest absolute Gasteiger partial charge is 0.497 e. The number of aromatic nitrogens is 3. The molecule has 3 aromatic carbocycles. The van der Waals surface area contributed by atoms with E-state index in [1.54, 1.807) is 36.1 Å². The van der Waals surface area contributed by atoms with E-state index in [0.29, 0.717) is 17.1 Å². The van der Waals surface area contributed by atoms with Crippen molar-refractivity contribution < 1.29 is 14.3 Å². The van der Waals surface area contributed by atoms with Crippen molar-refractivity contribution in [2.24, 2.45) is 0 Å². The zero-order valence-electron chi connectivity index (χ0n) is 16.6. The number of rotatable bonds is 5. The highest BCUT2D eigenvalue weighted by Gasteiger charge is 2.19. The van der Waals surface area contributed by atoms with Crippen molar-refractivity contribution in [3.63, 3.8) is 0 Å². The lowest BCUT2D eigenvalue weighted by molar-refractivity contribution is 0.0841. The number of hydrazine groups is 1. The topological polar surface area (TPSA) is 98.1 Å². The number of hydrogen-bond donors (Lipinski definition) is 2. The normalized spacial score (nSPS) is 10.4. The Morgan fingerprint density at radius 3 is 2.06 bits per heavy atom. The molecule has 8 heteroatoms. The first-order valence-electron chi connectivity index (χ1n) is 9.48. The molecule has 0 unspecified atom stereocenters. The summed E-state index contributed by atoms with van der Waals surface area (Å²) in [5, 5.41) is 4.36. The Morgan fingerprint density at radius 2 is 1.42 bits per heavy atom. The Labute approximate surface area is 178 Å². The minimum absolute atomic E-state index is 0.0715. The SMILES string of the molecule is COc1ccc(C(=O)NNC(=O)c2nc(-c3ccccc3)n(-c3ccccc3)n2)cc1. The maximum absolute atomic E-state index is 12.6. The lowest BCUT2D eigenvalue weighted by Crippen LogP contribution is -2.42. The summed E-state index contributed by atoms with van der Waals surface area (Å²) in [6.45, 7) is 0. The fourth-order valence-electron chi connectivity index (χ4n) is 2.92. The molecular weight excluding hydrogens is 394 g/mol. The van der Waals surface area contributed by atoms with E-state index >= 15 is 0 Å². The number of nitrogens with zero attached hydrogens (tertiary/aromatic N) is 3. The lowest BCUT2D eigenvalue weighted by Gasteiger charge is -2.06. The van der Waals surface area contributed by atoms with Gasteiger partial charge in [-0.2, -0.15) is 0 Å². The number of hydrogen-bond acceptors (Lipinski definition) is 5. The van der Waals surface area contributed by atoms with Crippen LogP contribution in [-0.4, -0.2) is 33.7 Å². The van der Waals surface area contributed by atoms with E-state index < -0.39 is 11.8 Å². The molecule has 0 aliphatic rings. The molecule has 0 aliphatic heterocycles. The van der Waals surface area contributed by atoms with Crippen molar-refractivity contribution in [3.05, 3.63) is 96.3 Å². The fraction of sp³-hybridized carbons (Fsp3) is 0.0435. The number of amides is 2. The third-order valence-electron chi connectivity index (χ3n) is 4.48. The zero-order valence-corrected chi connectivity index (χ0v) is 16.6. The van der Waals surface area contributed by atoms with Gasteiger partial charge in [0.05, 0.1) is 12.8 Å². The number of nitrogens with one attached hydrogen (secondary N) is 2. The molecule has 1 heterocycles. The number of methoxy groups -OCH3 is 1. The van der Waals surface area contributed by atoms with Crippen LogP contribution in [0.4, 0.5) is 0 Å². The van der Waals surface area contributed by atoms with Crippen LogP contribution in [0.15, 0.2) is 84.9 Å². The summed E-state index contributed by atoms with van der Waals surface area (Å²) in [6, 6.07) is 25.3. The maximum Gasteiger partial charge on any atom is 0.309 e. The molecule has 2 N–H and O–H groups in total. The molecule has 4 aromatic rings. The minimum atomic E-state index is -0.631. The van der Waals surface area contributed by atoms with Crippen LogP contribution < -0.4 is 15.6 Å². The molecule has 154 valence electrons. The molecule has 0 aliphatic carbocycles. The first-order valence-corrected chi connectivity index (χ1v) is 9.48. The Kier molecular flexibility index (Phi) is 5.70. The van der Waals surface area contributed by atoms with Crippen LogP contribution in [0.25, 0.3) is 17.1 Å². The molecule has 2 amide bonds. The van der Waals surface area contributed by atoms with Gasteiger partial charge in [0.25, 0.3) is 5.91 Å². The van der Waals surface area contributed by atoms with Gasteiger partial charge in [0.15, 0.2) is 5.82 Å². The fourth-order valence-corrected chi connectivity index (χ4v) is 2.92. The number of carbonyl (C=O) groups excluding carboxylic acids is 2. The van der Waals surface area contributed by atoms with Gasteiger partial charge in [-0.15, -0.1) is 5.10 Å². The van der Waals surface area contributed by atoms with Crippen LogP contribution in [0.1, 0.15) is 21.0 Å². The summed E-state index contributed by atoms with van der Waals surface area (Å²) in [7, 11) is 1.54. The van der Waals surface area contributed by atoms with Crippen molar-refractivity contribution in [1.29, 1.82) is 0 Å². The second-order valence-electron chi connectivity index (χ2n) is 6.51. The highest BCUT2D eigenvalue weighted by atomic mass is 16.5. The van der Waals surface area contributed by atoms with Gasteiger partial charge in [0.1, 0.15) is 5.75 Å². The van der Waals surface area contributed by atoms with E-state index in [9.17, 15) is 9.59 Å². The number of para-hydroxylation sites is 1. The zero-order chi connectivity index (χ0) is 21.6. The second kappa shape index (κ2) is 8.91. The van der Waals surface area contributed by atoms with Crippen molar-refractivity contribution in [3.8, 4) is 22.8 Å². The van der Waals surface area contributed by atoms with Crippen LogP contribution in [0.2, 0.25) is 0 Å². The predicted molar refractivity (Wildman–Crippen MR) is 115 cm³/mol. The van der Waals surface area contributed by atoms with Crippen LogP contribution in [0, 0.1) is 0 Å². The standard InChI is InChI=1S/C23H19N5O3/c1-31-19-14-12-17(13-15-19)22(29)25-26-23(30)20-24-21(16-8-4-2-5-9-16)28(27-20)18-10-6-3-7-11-18/h2-15H,1H3,(H,25,29)(H,26,30). The molecule has 1 aromatic heterocycles. The van der Waals surface area contributed by atoms with Gasteiger partial charge in [0.2, 0.25) is 5.82 Å². The van der Waals surface area contributed by atoms with Gasteiger partial charge in [0, 0.05) is 11.1 Å². The van der Waals surface area contributed by atoms with Gasteiger partial charge in [-0.3, -0.25) is 20.4 Å². The van der Waals surface area contributed by atoms with Crippen molar-refractivity contribution >= 4 is 11.8 Å². The van der Waals surface area contributed by atoms with Crippen LogP contribution in [0.3, 0.4) is 0 Å². The average Bonchev–Trinajstić information content (AvgIpc) is 3.29. The summed E-state index contributed by atoms with van der Waals surface area (Å²) in [6.07, 6.45) is 0. The molecule has 0 bridgehead atoms. The van der Waals surface area contributed by atoms with Crippen molar-refractivity contribution in [2.75, 3.05) is 7.11 Å². The van der Waals surface area contributed by atoms with E-state index in [0.717, 1.165) is 11.3 Å². The first-order chi connectivity index (χ1) is 15.2. The number of ether oxygens (including phenoxy) is 1. The summed E-state index contributed by atoms with van der Waals surface area (Å²) < 4.78 is 6.66. The first kappa shape index (κ1) is 19.8. The summed E-state index contributed by atoms with van der Waals surface area (Å²) in [5.74, 6) is -0.0312. The molecule has 0 spiro atoms. The van der Waals surface area contributed by atoms with Gasteiger partial charge >= 0.3 is 5.91 Å². The predicted octanol–water partition coefficient (Wildman–Crippen LogP) is 3.02. The third-order valence-corrected chi connectivity index (χ3v) is 4.48. The van der Waals surface area contributed by atoms with Gasteiger partial charge < -0.3 is 4.74 Å². The van der Waals surface area contributed by atoms with E-state index in [-0.39, 0.29) is 5.82 Å².